The Kier molecular flexibility index (Phi) is 4.27. The predicted molar refractivity (Wildman–Crippen MR) is 80.4 cm³/mol. The van der Waals surface area contributed by atoms with E-state index in [1.54, 1.807) is 11.8 Å². The first-order chi connectivity index (χ1) is 8.97. The molecule has 1 atom stereocenters. The number of pyridine rings is 1. The topological polar surface area (TPSA) is 33.1 Å². The molecule has 0 aliphatic carbocycles. The molecule has 0 saturated carbocycles. The van der Waals surface area contributed by atoms with Crippen molar-refractivity contribution in [2.75, 3.05) is 5.75 Å². The molecule has 1 heterocycles. The normalized spacial score (nSPS) is 14.1. The zero-order valence-corrected chi connectivity index (χ0v) is 12.4. The number of thioether (sulfide) groups is 1. The summed E-state index contributed by atoms with van der Waals surface area (Å²) < 4.78 is 0. The molecular formula is C16H19NOS. The molecule has 1 N–H and O–H groups in total. The van der Waals surface area contributed by atoms with Gasteiger partial charge in [-0.25, -0.2) is 4.98 Å². The fraction of sp³-hybridized carbons (Fsp3) is 0.312. The van der Waals surface area contributed by atoms with Crippen molar-refractivity contribution < 1.29 is 5.11 Å². The summed E-state index contributed by atoms with van der Waals surface area (Å²) in [5.41, 5.74) is 2.31. The minimum atomic E-state index is -0.842. The zero-order valence-electron chi connectivity index (χ0n) is 11.6. The van der Waals surface area contributed by atoms with E-state index in [9.17, 15) is 5.11 Å². The second kappa shape index (κ2) is 5.76. The van der Waals surface area contributed by atoms with Crippen LogP contribution in [0.15, 0.2) is 47.5 Å². The van der Waals surface area contributed by atoms with Crippen LogP contribution in [0.3, 0.4) is 0 Å². The highest BCUT2D eigenvalue weighted by molar-refractivity contribution is 7.99. The van der Waals surface area contributed by atoms with Crippen LogP contribution in [0.1, 0.15) is 23.7 Å². The number of hydrogen-bond donors (Lipinski definition) is 1. The van der Waals surface area contributed by atoms with Crippen LogP contribution in [0.4, 0.5) is 0 Å². The third-order valence-electron chi connectivity index (χ3n) is 2.97. The summed E-state index contributed by atoms with van der Waals surface area (Å²) in [6.45, 7) is 5.90. The van der Waals surface area contributed by atoms with Gasteiger partial charge in [-0.1, -0.05) is 30.3 Å². The maximum Gasteiger partial charge on any atom is 0.0966 e. The van der Waals surface area contributed by atoms with Gasteiger partial charge in [0.15, 0.2) is 0 Å². The Labute approximate surface area is 118 Å². The number of aromatic nitrogens is 1. The standard InChI is InChI=1S/C16H19NOS/c1-12-9-13(2)17-15(10-12)19-11-16(3,18)14-7-5-4-6-8-14/h4-10,18H,11H2,1-3H3. The molecular weight excluding hydrogens is 254 g/mol. The number of nitrogens with zero attached hydrogens (tertiary/aromatic N) is 1. The lowest BCUT2D eigenvalue weighted by molar-refractivity contribution is 0.0839. The van der Waals surface area contributed by atoms with Gasteiger partial charge in [-0.3, -0.25) is 0 Å². The number of rotatable bonds is 4. The van der Waals surface area contributed by atoms with E-state index in [4.69, 9.17) is 0 Å². The van der Waals surface area contributed by atoms with Gasteiger partial charge in [-0.2, -0.15) is 0 Å². The summed E-state index contributed by atoms with van der Waals surface area (Å²) in [4.78, 5) is 4.48. The van der Waals surface area contributed by atoms with Crippen LogP contribution < -0.4 is 0 Å². The highest BCUT2D eigenvalue weighted by atomic mass is 32.2. The quantitative estimate of drug-likeness (QED) is 0.862. The molecule has 0 bridgehead atoms. The van der Waals surface area contributed by atoms with Crippen LogP contribution in [0.25, 0.3) is 0 Å². The van der Waals surface area contributed by atoms with Gasteiger partial charge in [0.2, 0.25) is 0 Å². The van der Waals surface area contributed by atoms with Gasteiger partial charge >= 0.3 is 0 Å². The molecule has 1 aromatic carbocycles. The Hall–Kier alpha value is -1.32. The third kappa shape index (κ3) is 3.82. The van der Waals surface area contributed by atoms with Crippen LogP contribution in [-0.2, 0) is 5.60 Å². The van der Waals surface area contributed by atoms with E-state index in [-0.39, 0.29) is 0 Å². The zero-order chi connectivity index (χ0) is 13.9. The number of benzene rings is 1. The third-order valence-corrected chi connectivity index (χ3v) is 4.18. The maximum absolute atomic E-state index is 10.5. The average Bonchev–Trinajstić information content (AvgIpc) is 2.37. The lowest BCUT2D eigenvalue weighted by Crippen LogP contribution is -2.24. The Morgan fingerprint density at radius 1 is 1.16 bits per heavy atom. The van der Waals surface area contributed by atoms with E-state index in [0.717, 1.165) is 16.3 Å². The fourth-order valence-corrected chi connectivity index (χ4v) is 3.05. The molecule has 0 aliphatic heterocycles. The molecule has 0 saturated heterocycles. The number of aryl methyl sites for hydroxylation is 2. The van der Waals surface area contributed by atoms with Gasteiger partial charge in [0.1, 0.15) is 0 Å². The molecule has 2 nitrogen and oxygen atoms in total. The Morgan fingerprint density at radius 3 is 2.47 bits per heavy atom. The summed E-state index contributed by atoms with van der Waals surface area (Å²) in [6.07, 6.45) is 0. The largest absolute Gasteiger partial charge is 0.385 e. The van der Waals surface area contributed by atoms with E-state index < -0.39 is 5.60 Å². The minimum absolute atomic E-state index is 0.590. The van der Waals surface area contributed by atoms with E-state index in [1.165, 1.54) is 5.56 Å². The van der Waals surface area contributed by atoms with Gasteiger partial charge < -0.3 is 5.11 Å². The first-order valence-electron chi connectivity index (χ1n) is 6.33. The fourth-order valence-electron chi connectivity index (χ4n) is 1.97. The van der Waals surface area contributed by atoms with Crippen molar-refractivity contribution in [2.24, 2.45) is 0 Å². The van der Waals surface area contributed by atoms with Crippen molar-refractivity contribution >= 4 is 11.8 Å². The Morgan fingerprint density at radius 2 is 1.84 bits per heavy atom. The summed E-state index contributed by atoms with van der Waals surface area (Å²) in [7, 11) is 0. The van der Waals surface area contributed by atoms with Gasteiger partial charge in [0.25, 0.3) is 0 Å². The van der Waals surface area contributed by atoms with Crippen LogP contribution in [-0.4, -0.2) is 15.8 Å². The van der Waals surface area contributed by atoms with Gasteiger partial charge in [0.05, 0.1) is 10.6 Å². The Bertz CT molecular complexity index is 532. The molecule has 1 unspecified atom stereocenters. The van der Waals surface area contributed by atoms with E-state index >= 15 is 0 Å². The van der Waals surface area contributed by atoms with E-state index in [2.05, 4.69) is 24.0 Å². The molecule has 0 radical (unpaired) electrons. The molecule has 0 aliphatic rings. The summed E-state index contributed by atoms with van der Waals surface area (Å²) in [5.74, 6) is 0.590. The number of aliphatic hydroxyl groups is 1. The van der Waals surface area contributed by atoms with Crippen molar-refractivity contribution in [3.63, 3.8) is 0 Å². The molecule has 2 rings (SSSR count). The van der Waals surface area contributed by atoms with Crippen molar-refractivity contribution in [2.45, 2.75) is 31.4 Å². The van der Waals surface area contributed by atoms with Crippen LogP contribution in [0, 0.1) is 13.8 Å². The van der Waals surface area contributed by atoms with Gasteiger partial charge in [-0.15, -0.1) is 11.8 Å². The molecule has 19 heavy (non-hydrogen) atoms. The van der Waals surface area contributed by atoms with E-state index in [0.29, 0.717) is 5.75 Å². The smallest absolute Gasteiger partial charge is 0.0966 e. The molecule has 100 valence electrons. The van der Waals surface area contributed by atoms with Crippen LogP contribution in [0.2, 0.25) is 0 Å². The highest BCUT2D eigenvalue weighted by Gasteiger charge is 2.23. The first kappa shape index (κ1) is 14.1. The van der Waals surface area contributed by atoms with Gasteiger partial charge in [-0.05, 0) is 44.0 Å². The summed E-state index contributed by atoms with van der Waals surface area (Å²) >= 11 is 1.59. The maximum atomic E-state index is 10.5. The summed E-state index contributed by atoms with van der Waals surface area (Å²) in [5, 5.41) is 11.5. The highest BCUT2D eigenvalue weighted by Crippen LogP contribution is 2.28. The monoisotopic (exact) mass is 273 g/mol. The lowest BCUT2D eigenvalue weighted by Gasteiger charge is -2.23. The molecule has 3 heteroatoms. The second-order valence-corrected chi connectivity index (χ2v) is 6.05. The molecule has 1 aromatic heterocycles. The van der Waals surface area contributed by atoms with Crippen LogP contribution >= 0.6 is 11.8 Å². The molecule has 0 spiro atoms. The van der Waals surface area contributed by atoms with Crippen molar-refractivity contribution in [1.82, 2.24) is 4.98 Å². The van der Waals surface area contributed by atoms with Crippen molar-refractivity contribution in [3.05, 3.63) is 59.3 Å². The number of hydrogen-bond acceptors (Lipinski definition) is 3. The first-order valence-corrected chi connectivity index (χ1v) is 7.32. The Balaban J connectivity index is 2.09. The lowest BCUT2D eigenvalue weighted by atomic mass is 9.99. The van der Waals surface area contributed by atoms with Crippen LogP contribution in [0.5, 0.6) is 0 Å². The molecule has 0 amide bonds. The van der Waals surface area contributed by atoms with E-state index in [1.807, 2.05) is 44.2 Å². The van der Waals surface area contributed by atoms with Gasteiger partial charge in [0, 0.05) is 11.4 Å². The minimum Gasteiger partial charge on any atom is -0.385 e. The SMILES string of the molecule is Cc1cc(C)nc(SCC(C)(O)c2ccccc2)c1. The summed E-state index contributed by atoms with van der Waals surface area (Å²) in [6, 6.07) is 13.9. The molecule has 2 aromatic rings. The predicted octanol–water partition coefficient (Wildman–Crippen LogP) is 3.70. The average molecular weight is 273 g/mol. The molecule has 0 fully saturated rings. The van der Waals surface area contributed by atoms with Crippen molar-refractivity contribution in [1.29, 1.82) is 0 Å². The second-order valence-electron chi connectivity index (χ2n) is 5.05. The van der Waals surface area contributed by atoms with Crippen molar-refractivity contribution in [3.8, 4) is 0 Å².